The SMILES string of the molecule is C=CCN1C[C@H](C)N([C@H](C2=CC=CC[CH]2)c2cccc(C(=O)N(C)c3cccc(F)c3)c2)C[C@H]1C. The van der Waals surface area contributed by atoms with Gasteiger partial charge >= 0.3 is 0 Å². The molecule has 0 spiro atoms. The summed E-state index contributed by atoms with van der Waals surface area (Å²) in [6.45, 7) is 11.3. The molecular weight excluding hydrogens is 437 g/mol. The van der Waals surface area contributed by atoms with Crippen LogP contribution in [0.3, 0.4) is 0 Å². The fourth-order valence-electron chi connectivity index (χ4n) is 5.15. The Hall–Kier alpha value is -3.02. The van der Waals surface area contributed by atoms with Crippen molar-refractivity contribution < 1.29 is 9.18 Å². The Morgan fingerprint density at radius 2 is 1.97 bits per heavy atom. The van der Waals surface area contributed by atoms with Gasteiger partial charge in [-0.05, 0) is 68.2 Å². The van der Waals surface area contributed by atoms with Crippen LogP contribution in [0.4, 0.5) is 10.1 Å². The Labute approximate surface area is 209 Å². The number of hydrogen-bond donors (Lipinski definition) is 0. The number of carbonyl (C=O) groups excluding carboxylic acids is 1. The molecule has 2 aromatic rings. The van der Waals surface area contributed by atoms with Crippen LogP contribution in [0.2, 0.25) is 0 Å². The van der Waals surface area contributed by atoms with Crippen LogP contribution in [0.15, 0.2) is 85.0 Å². The summed E-state index contributed by atoms with van der Waals surface area (Å²) in [6.07, 6.45) is 11.6. The van der Waals surface area contributed by atoms with Gasteiger partial charge in [-0.25, -0.2) is 4.39 Å². The summed E-state index contributed by atoms with van der Waals surface area (Å²) >= 11 is 0. The predicted molar refractivity (Wildman–Crippen MR) is 142 cm³/mol. The Morgan fingerprint density at radius 1 is 1.17 bits per heavy atom. The van der Waals surface area contributed by atoms with Gasteiger partial charge < -0.3 is 4.90 Å². The first-order valence-corrected chi connectivity index (χ1v) is 12.3. The van der Waals surface area contributed by atoms with Gasteiger partial charge in [0.05, 0.1) is 6.04 Å². The van der Waals surface area contributed by atoms with Crippen molar-refractivity contribution in [1.29, 1.82) is 0 Å². The molecular formula is C30H35FN3O. The maximum absolute atomic E-state index is 13.8. The molecule has 1 aliphatic heterocycles. The Balaban J connectivity index is 1.67. The van der Waals surface area contributed by atoms with E-state index in [1.54, 1.807) is 19.2 Å². The summed E-state index contributed by atoms with van der Waals surface area (Å²) in [7, 11) is 1.69. The third-order valence-corrected chi connectivity index (χ3v) is 7.04. The van der Waals surface area contributed by atoms with Gasteiger partial charge in [-0.1, -0.05) is 42.5 Å². The third kappa shape index (κ3) is 5.63. The minimum atomic E-state index is -0.359. The molecule has 2 aromatic carbocycles. The van der Waals surface area contributed by atoms with E-state index in [0.717, 1.165) is 31.6 Å². The molecule has 0 unspecified atom stereocenters. The lowest BCUT2D eigenvalue weighted by atomic mass is 9.88. The summed E-state index contributed by atoms with van der Waals surface area (Å²) in [6, 6.07) is 14.8. The van der Waals surface area contributed by atoms with E-state index in [1.165, 1.54) is 22.6 Å². The van der Waals surface area contributed by atoms with Gasteiger partial charge in [0.2, 0.25) is 0 Å². The zero-order valence-electron chi connectivity index (χ0n) is 20.9. The van der Waals surface area contributed by atoms with Crippen LogP contribution in [-0.4, -0.2) is 54.5 Å². The van der Waals surface area contributed by atoms with Gasteiger partial charge in [0, 0.05) is 50.0 Å². The van der Waals surface area contributed by atoms with E-state index in [9.17, 15) is 9.18 Å². The lowest BCUT2D eigenvalue weighted by Crippen LogP contribution is -2.57. The van der Waals surface area contributed by atoms with Crippen molar-refractivity contribution in [2.24, 2.45) is 0 Å². The van der Waals surface area contributed by atoms with Crippen LogP contribution in [0, 0.1) is 12.2 Å². The highest BCUT2D eigenvalue weighted by molar-refractivity contribution is 6.05. The number of rotatable bonds is 7. The molecule has 1 amide bonds. The molecule has 2 aliphatic rings. The van der Waals surface area contributed by atoms with Crippen LogP contribution in [-0.2, 0) is 0 Å². The lowest BCUT2D eigenvalue weighted by Gasteiger charge is -2.48. The van der Waals surface area contributed by atoms with Crippen molar-refractivity contribution in [2.45, 2.75) is 38.4 Å². The molecule has 5 heteroatoms. The molecule has 3 atom stereocenters. The number of benzene rings is 2. The van der Waals surface area contributed by atoms with Crippen LogP contribution < -0.4 is 4.90 Å². The molecule has 35 heavy (non-hydrogen) atoms. The minimum absolute atomic E-state index is 0.0514. The zero-order chi connectivity index (χ0) is 24.9. The number of nitrogens with zero attached hydrogens (tertiary/aromatic N) is 3. The summed E-state index contributed by atoms with van der Waals surface area (Å²) in [5.74, 6) is -0.516. The average Bonchev–Trinajstić information content (AvgIpc) is 2.87. The van der Waals surface area contributed by atoms with E-state index in [2.05, 4.69) is 60.9 Å². The number of anilines is 1. The Kier molecular flexibility index (Phi) is 7.99. The number of piperazine rings is 1. The topological polar surface area (TPSA) is 26.8 Å². The molecule has 0 bridgehead atoms. The monoisotopic (exact) mass is 472 g/mol. The second-order valence-corrected chi connectivity index (χ2v) is 9.54. The quantitative estimate of drug-likeness (QED) is 0.476. The van der Waals surface area contributed by atoms with Gasteiger partial charge in [0.1, 0.15) is 5.82 Å². The third-order valence-electron chi connectivity index (χ3n) is 7.04. The van der Waals surface area contributed by atoms with E-state index in [-0.39, 0.29) is 17.8 Å². The van der Waals surface area contributed by atoms with Gasteiger partial charge in [-0.2, -0.15) is 0 Å². The molecule has 0 saturated carbocycles. The van der Waals surface area contributed by atoms with E-state index in [4.69, 9.17) is 0 Å². The van der Waals surface area contributed by atoms with Crippen molar-refractivity contribution in [3.8, 4) is 0 Å². The van der Waals surface area contributed by atoms with E-state index >= 15 is 0 Å². The summed E-state index contributed by atoms with van der Waals surface area (Å²) in [4.78, 5) is 19.9. The Morgan fingerprint density at radius 3 is 2.69 bits per heavy atom. The number of hydrogen-bond acceptors (Lipinski definition) is 3. The number of carbonyl (C=O) groups is 1. The highest BCUT2D eigenvalue weighted by atomic mass is 19.1. The molecule has 0 aromatic heterocycles. The van der Waals surface area contributed by atoms with E-state index < -0.39 is 0 Å². The standard InChI is InChI=1S/C30H35FN3O/c1-5-17-33-20-23(3)34(21-22(33)2)29(24-11-7-6-8-12-24)25-13-9-14-26(18-25)30(35)32(4)28-16-10-15-27(31)19-28/h5-7,9-16,18-19,22-23,29H,1,8,17,20-21H2,2-4H3/t22-,23+,29-/m1/s1. The maximum Gasteiger partial charge on any atom is 0.258 e. The fraction of sp³-hybridized carbons (Fsp3) is 0.333. The van der Waals surface area contributed by atoms with E-state index in [1.807, 2.05) is 24.3 Å². The van der Waals surface area contributed by atoms with Gasteiger partial charge in [-0.3, -0.25) is 14.6 Å². The zero-order valence-corrected chi connectivity index (χ0v) is 20.9. The van der Waals surface area contributed by atoms with Crippen molar-refractivity contribution >= 4 is 11.6 Å². The molecule has 4 nitrogen and oxygen atoms in total. The van der Waals surface area contributed by atoms with Crippen molar-refractivity contribution in [1.82, 2.24) is 9.80 Å². The summed E-state index contributed by atoms with van der Waals surface area (Å²) in [5, 5.41) is 0. The van der Waals surface area contributed by atoms with Crippen molar-refractivity contribution in [2.75, 3.05) is 31.6 Å². The van der Waals surface area contributed by atoms with Gasteiger partial charge in [0.25, 0.3) is 5.91 Å². The van der Waals surface area contributed by atoms with Crippen LogP contribution in [0.1, 0.15) is 42.2 Å². The number of halogens is 1. The second-order valence-electron chi connectivity index (χ2n) is 9.54. The molecule has 1 saturated heterocycles. The van der Waals surface area contributed by atoms with Crippen LogP contribution >= 0.6 is 0 Å². The van der Waals surface area contributed by atoms with Crippen molar-refractivity contribution in [3.05, 3.63) is 108 Å². The molecule has 1 fully saturated rings. The number of allylic oxidation sites excluding steroid dienone is 3. The smallest absolute Gasteiger partial charge is 0.258 e. The first-order chi connectivity index (χ1) is 16.9. The molecule has 1 aliphatic carbocycles. The second kappa shape index (κ2) is 11.1. The molecule has 4 rings (SSSR count). The fourth-order valence-corrected chi connectivity index (χ4v) is 5.15. The highest BCUT2D eigenvalue weighted by Crippen LogP contribution is 2.36. The minimum Gasteiger partial charge on any atom is -0.311 e. The molecule has 183 valence electrons. The predicted octanol–water partition coefficient (Wildman–Crippen LogP) is 5.81. The molecule has 1 heterocycles. The average molecular weight is 473 g/mol. The van der Waals surface area contributed by atoms with Crippen molar-refractivity contribution in [3.63, 3.8) is 0 Å². The van der Waals surface area contributed by atoms with Gasteiger partial charge in [0.15, 0.2) is 0 Å². The number of amides is 1. The largest absolute Gasteiger partial charge is 0.311 e. The summed E-state index contributed by atoms with van der Waals surface area (Å²) < 4.78 is 13.8. The van der Waals surface area contributed by atoms with Crippen LogP contribution in [0.5, 0.6) is 0 Å². The summed E-state index contributed by atoms with van der Waals surface area (Å²) in [5.41, 5.74) is 3.48. The first-order valence-electron chi connectivity index (χ1n) is 12.3. The van der Waals surface area contributed by atoms with Crippen LogP contribution in [0.25, 0.3) is 0 Å². The van der Waals surface area contributed by atoms with E-state index in [0.29, 0.717) is 23.3 Å². The maximum atomic E-state index is 13.8. The highest BCUT2D eigenvalue weighted by Gasteiger charge is 2.35. The first kappa shape index (κ1) is 25.1. The normalized spacial score (nSPS) is 21.9. The molecule has 1 radical (unpaired) electrons. The Bertz CT molecular complexity index is 1120. The molecule has 0 N–H and O–H groups in total. The lowest BCUT2D eigenvalue weighted by molar-refractivity contribution is 0.0299. The van der Waals surface area contributed by atoms with Gasteiger partial charge in [-0.15, -0.1) is 6.58 Å².